The van der Waals surface area contributed by atoms with Crippen molar-refractivity contribution >= 4 is 17.0 Å². The van der Waals surface area contributed by atoms with E-state index in [0.717, 1.165) is 22.6 Å². The second-order valence-electron chi connectivity index (χ2n) is 3.85. The quantitative estimate of drug-likeness (QED) is 0.754. The first-order valence-electron chi connectivity index (χ1n) is 5.64. The summed E-state index contributed by atoms with van der Waals surface area (Å²) in [5, 5.41) is 18.5. The SMILES string of the molecule is c1ccc(-c2n[nH]nc2CNc2ccsc2)cc1. The summed E-state index contributed by atoms with van der Waals surface area (Å²) in [6, 6.07) is 12.1. The van der Waals surface area contributed by atoms with E-state index in [-0.39, 0.29) is 0 Å². The number of thiophene rings is 1. The third-order valence-electron chi connectivity index (χ3n) is 2.65. The van der Waals surface area contributed by atoms with Gasteiger partial charge in [0.25, 0.3) is 0 Å². The molecule has 0 aliphatic rings. The van der Waals surface area contributed by atoms with Gasteiger partial charge in [-0.15, -0.1) is 0 Å². The molecule has 2 heterocycles. The van der Waals surface area contributed by atoms with Gasteiger partial charge >= 0.3 is 0 Å². The van der Waals surface area contributed by atoms with E-state index in [2.05, 4.69) is 26.1 Å². The van der Waals surface area contributed by atoms with Gasteiger partial charge in [-0.2, -0.15) is 26.7 Å². The van der Waals surface area contributed by atoms with Crippen LogP contribution in [0.1, 0.15) is 5.69 Å². The molecule has 2 aromatic heterocycles. The minimum Gasteiger partial charge on any atom is -0.379 e. The van der Waals surface area contributed by atoms with Gasteiger partial charge in [0.2, 0.25) is 0 Å². The molecule has 0 radical (unpaired) electrons. The molecule has 3 rings (SSSR count). The van der Waals surface area contributed by atoms with Gasteiger partial charge in [-0.3, -0.25) is 0 Å². The summed E-state index contributed by atoms with van der Waals surface area (Å²) in [6.45, 7) is 0.664. The number of hydrogen-bond donors (Lipinski definition) is 2. The van der Waals surface area contributed by atoms with Crippen LogP contribution in [0.5, 0.6) is 0 Å². The van der Waals surface area contributed by atoms with Crippen molar-refractivity contribution in [2.75, 3.05) is 5.32 Å². The number of aromatic amines is 1. The van der Waals surface area contributed by atoms with Gasteiger partial charge in [0.05, 0.1) is 6.54 Å². The lowest BCUT2D eigenvalue weighted by Gasteiger charge is -2.03. The Morgan fingerprint density at radius 1 is 1.11 bits per heavy atom. The second-order valence-corrected chi connectivity index (χ2v) is 4.63. The predicted molar refractivity (Wildman–Crippen MR) is 73.5 cm³/mol. The van der Waals surface area contributed by atoms with E-state index in [1.807, 2.05) is 41.8 Å². The lowest BCUT2D eigenvalue weighted by molar-refractivity contribution is 0.911. The molecule has 0 saturated carbocycles. The first-order chi connectivity index (χ1) is 8.93. The molecule has 2 N–H and O–H groups in total. The Balaban J connectivity index is 1.80. The van der Waals surface area contributed by atoms with Crippen LogP contribution in [0.25, 0.3) is 11.3 Å². The summed E-state index contributed by atoms with van der Waals surface area (Å²) in [6.07, 6.45) is 0. The van der Waals surface area contributed by atoms with Crippen LogP contribution in [0.2, 0.25) is 0 Å². The molecule has 0 fully saturated rings. The molecule has 0 saturated heterocycles. The Kier molecular flexibility index (Phi) is 3.06. The molecule has 18 heavy (non-hydrogen) atoms. The summed E-state index contributed by atoms with van der Waals surface area (Å²) in [4.78, 5) is 0. The van der Waals surface area contributed by atoms with Crippen molar-refractivity contribution in [3.8, 4) is 11.3 Å². The normalized spacial score (nSPS) is 10.4. The highest BCUT2D eigenvalue weighted by molar-refractivity contribution is 7.08. The van der Waals surface area contributed by atoms with Gasteiger partial charge in [0.1, 0.15) is 11.4 Å². The fourth-order valence-electron chi connectivity index (χ4n) is 1.75. The van der Waals surface area contributed by atoms with E-state index in [1.165, 1.54) is 0 Å². The van der Waals surface area contributed by atoms with E-state index in [4.69, 9.17) is 0 Å². The number of nitrogens with one attached hydrogen (secondary N) is 2. The number of benzene rings is 1. The van der Waals surface area contributed by atoms with Gasteiger partial charge < -0.3 is 5.32 Å². The molecule has 0 aliphatic carbocycles. The average molecular weight is 256 g/mol. The van der Waals surface area contributed by atoms with Crippen molar-refractivity contribution in [1.29, 1.82) is 0 Å². The minimum absolute atomic E-state index is 0.664. The number of H-pyrrole nitrogens is 1. The van der Waals surface area contributed by atoms with Gasteiger partial charge in [-0.05, 0) is 11.4 Å². The third-order valence-corrected chi connectivity index (χ3v) is 3.33. The largest absolute Gasteiger partial charge is 0.379 e. The maximum absolute atomic E-state index is 4.21. The Bertz CT molecular complexity index is 601. The van der Waals surface area contributed by atoms with Crippen LogP contribution in [-0.4, -0.2) is 15.4 Å². The number of aromatic nitrogens is 3. The van der Waals surface area contributed by atoms with Crippen LogP contribution in [-0.2, 0) is 6.54 Å². The molecule has 5 heteroatoms. The number of hydrogen-bond acceptors (Lipinski definition) is 4. The molecule has 0 atom stereocenters. The first kappa shape index (κ1) is 11.0. The molecular weight excluding hydrogens is 244 g/mol. The van der Waals surface area contributed by atoms with Crippen molar-refractivity contribution in [2.45, 2.75) is 6.54 Å². The second kappa shape index (κ2) is 5.01. The topological polar surface area (TPSA) is 53.6 Å². The molecule has 0 spiro atoms. The molecule has 1 aromatic carbocycles. The molecule has 0 bridgehead atoms. The van der Waals surface area contributed by atoms with Crippen LogP contribution in [0.4, 0.5) is 5.69 Å². The zero-order valence-electron chi connectivity index (χ0n) is 9.63. The highest BCUT2D eigenvalue weighted by atomic mass is 32.1. The van der Waals surface area contributed by atoms with Gasteiger partial charge in [0.15, 0.2) is 0 Å². The molecule has 0 aliphatic heterocycles. The van der Waals surface area contributed by atoms with Crippen molar-refractivity contribution in [2.24, 2.45) is 0 Å². The summed E-state index contributed by atoms with van der Waals surface area (Å²) >= 11 is 1.67. The summed E-state index contributed by atoms with van der Waals surface area (Å²) in [5.41, 5.74) is 4.01. The maximum atomic E-state index is 4.21. The highest BCUT2D eigenvalue weighted by Crippen LogP contribution is 2.20. The molecular formula is C13H12N4S. The van der Waals surface area contributed by atoms with E-state index in [9.17, 15) is 0 Å². The Morgan fingerprint density at radius 2 is 2.00 bits per heavy atom. The lowest BCUT2D eigenvalue weighted by Crippen LogP contribution is -2.00. The van der Waals surface area contributed by atoms with Crippen molar-refractivity contribution in [1.82, 2.24) is 15.4 Å². The van der Waals surface area contributed by atoms with Gasteiger partial charge in [-0.25, -0.2) is 0 Å². The van der Waals surface area contributed by atoms with E-state index >= 15 is 0 Å². The third kappa shape index (κ3) is 2.26. The van der Waals surface area contributed by atoms with Crippen molar-refractivity contribution < 1.29 is 0 Å². The van der Waals surface area contributed by atoms with Crippen LogP contribution in [0.15, 0.2) is 47.2 Å². The number of rotatable bonds is 4. The Morgan fingerprint density at radius 3 is 2.78 bits per heavy atom. The van der Waals surface area contributed by atoms with Crippen molar-refractivity contribution in [3.05, 3.63) is 52.9 Å². The fraction of sp³-hybridized carbons (Fsp3) is 0.0769. The van der Waals surface area contributed by atoms with Gasteiger partial charge in [0, 0.05) is 16.6 Å². The van der Waals surface area contributed by atoms with Crippen LogP contribution in [0, 0.1) is 0 Å². The van der Waals surface area contributed by atoms with Crippen LogP contribution < -0.4 is 5.32 Å². The molecule has 90 valence electrons. The smallest absolute Gasteiger partial charge is 0.117 e. The molecule has 0 unspecified atom stereocenters. The zero-order chi connectivity index (χ0) is 12.2. The predicted octanol–water partition coefficient (Wildman–Crippen LogP) is 3.15. The minimum atomic E-state index is 0.664. The molecule has 4 nitrogen and oxygen atoms in total. The van der Waals surface area contributed by atoms with Crippen LogP contribution >= 0.6 is 11.3 Å². The summed E-state index contributed by atoms with van der Waals surface area (Å²) < 4.78 is 0. The standard InChI is InChI=1S/C13H12N4S/c1-2-4-10(5-3-1)13-12(15-17-16-13)8-14-11-6-7-18-9-11/h1-7,9,14H,8H2,(H,15,16,17). The Labute approximate surface area is 109 Å². The number of nitrogens with zero attached hydrogens (tertiary/aromatic N) is 2. The van der Waals surface area contributed by atoms with Crippen LogP contribution in [0.3, 0.4) is 0 Å². The zero-order valence-corrected chi connectivity index (χ0v) is 10.4. The fourth-order valence-corrected chi connectivity index (χ4v) is 2.37. The summed E-state index contributed by atoms with van der Waals surface area (Å²) in [5.74, 6) is 0. The monoisotopic (exact) mass is 256 g/mol. The van der Waals surface area contributed by atoms with E-state index in [0.29, 0.717) is 6.54 Å². The van der Waals surface area contributed by atoms with E-state index in [1.54, 1.807) is 11.3 Å². The Hall–Kier alpha value is -2.14. The molecule has 0 amide bonds. The average Bonchev–Trinajstić information content (AvgIpc) is 3.09. The summed E-state index contributed by atoms with van der Waals surface area (Å²) in [7, 11) is 0. The van der Waals surface area contributed by atoms with Crippen molar-refractivity contribution in [3.63, 3.8) is 0 Å². The highest BCUT2D eigenvalue weighted by Gasteiger charge is 2.09. The van der Waals surface area contributed by atoms with E-state index < -0.39 is 0 Å². The maximum Gasteiger partial charge on any atom is 0.117 e. The lowest BCUT2D eigenvalue weighted by atomic mass is 10.1. The first-order valence-corrected chi connectivity index (χ1v) is 6.59. The van der Waals surface area contributed by atoms with Gasteiger partial charge in [-0.1, -0.05) is 30.3 Å². The number of anilines is 1. The molecule has 3 aromatic rings.